The number of aromatic nitrogens is 3. The highest BCUT2D eigenvalue weighted by Gasteiger charge is 2.18. The highest BCUT2D eigenvalue weighted by molar-refractivity contribution is 7.71. The Kier molecular flexibility index (Phi) is 6.90. The largest absolute Gasteiger partial charge is 0.383 e. The van der Waals surface area contributed by atoms with Crippen molar-refractivity contribution in [3.8, 4) is 11.4 Å². The SMILES string of the molecule is COCCN(CC(C)C)C(=O)Cn1c(-c2cccc(C)c2)n[nH]c1=S. The lowest BCUT2D eigenvalue weighted by Crippen LogP contribution is -2.38. The van der Waals surface area contributed by atoms with Crippen molar-refractivity contribution in [2.75, 3.05) is 26.8 Å². The van der Waals surface area contributed by atoms with Crippen LogP contribution in [-0.4, -0.2) is 52.4 Å². The summed E-state index contributed by atoms with van der Waals surface area (Å²) in [5.41, 5.74) is 2.07. The summed E-state index contributed by atoms with van der Waals surface area (Å²) in [5, 5.41) is 7.12. The molecule has 0 saturated carbocycles. The number of hydrogen-bond donors (Lipinski definition) is 1. The Hall–Kier alpha value is -1.99. The van der Waals surface area contributed by atoms with Crippen molar-refractivity contribution in [3.05, 3.63) is 34.6 Å². The molecule has 1 N–H and O–H groups in total. The molecule has 2 rings (SSSR count). The van der Waals surface area contributed by atoms with E-state index in [1.165, 1.54) is 0 Å². The highest BCUT2D eigenvalue weighted by atomic mass is 32.1. The van der Waals surface area contributed by atoms with E-state index in [1.807, 2.05) is 36.1 Å². The number of methoxy groups -OCH3 is 1. The van der Waals surface area contributed by atoms with E-state index < -0.39 is 0 Å². The number of H-pyrrole nitrogens is 1. The van der Waals surface area contributed by atoms with Crippen LogP contribution in [0, 0.1) is 17.6 Å². The molecule has 0 unspecified atom stereocenters. The first-order chi connectivity index (χ1) is 11.9. The van der Waals surface area contributed by atoms with Crippen LogP contribution in [0.1, 0.15) is 19.4 Å². The average molecular weight is 362 g/mol. The van der Waals surface area contributed by atoms with Gasteiger partial charge in [-0.05, 0) is 31.1 Å². The zero-order valence-corrected chi connectivity index (χ0v) is 16.1. The minimum absolute atomic E-state index is 0.0113. The predicted molar refractivity (Wildman–Crippen MR) is 101 cm³/mol. The second kappa shape index (κ2) is 8.92. The second-order valence-electron chi connectivity index (χ2n) is 6.53. The summed E-state index contributed by atoms with van der Waals surface area (Å²) in [6.07, 6.45) is 0. The van der Waals surface area contributed by atoms with E-state index in [2.05, 4.69) is 24.0 Å². The van der Waals surface area contributed by atoms with E-state index in [9.17, 15) is 4.79 Å². The lowest BCUT2D eigenvalue weighted by Gasteiger charge is -2.24. The normalized spacial score (nSPS) is 11.1. The molecule has 1 aromatic carbocycles. The topological polar surface area (TPSA) is 63.1 Å². The van der Waals surface area contributed by atoms with Crippen molar-refractivity contribution in [2.45, 2.75) is 27.3 Å². The van der Waals surface area contributed by atoms with Gasteiger partial charge in [0.1, 0.15) is 6.54 Å². The number of benzene rings is 1. The Balaban J connectivity index is 2.25. The zero-order valence-electron chi connectivity index (χ0n) is 15.3. The molecule has 0 atom stereocenters. The molecular formula is C18H26N4O2S. The Bertz CT molecular complexity index is 766. The number of rotatable bonds is 8. The third-order valence-corrected chi connectivity index (χ3v) is 4.14. The van der Waals surface area contributed by atoms with Gasteiger partial charge >= 0.3 is 0 Å². The van der Waals surface area contributed by atoms with Gasteiger partial charge in [-0.25, -0.2) is 0 Å². The van der Waals surface area contributed by atoms with E-state index >= 15 is 0 Å². The maximum atomic E-state index is 12.8. The summed E-state index contributed by atoms with van der Waals surface area (Å²) in [7, 11) is 1.64. The smallest absolute Gasteiger partial charge is 0.242 e. The van der Waals surface area contributed by atoms with Crippen LogP contribution in [0.5, 0.6) is 0 Å². The van der Waals surface area contributed by atoms with Crippen molar-refractivity contribution in [1.82, 2.24) is 19.7 Å². The van der Waals surface area contributed by atoms with Crippen molar-refractivity contribution < 1.29 is 9.53 Å². The number of hydrogen-bond acceptors (Lipinski definition) is 4. The molecule has 2 aromatic rings. The third kappa shape index (κ3) is 5.24. The Morgan fingerprint density at radius 2 is 2.20 bits per heavy atom. The zero-order chi connectivity index (χ0) is 18.4. The van der Waals surface area contributed by atoms with Gasteiger partial charge in [-0.3, -0.25) is 14.5 Å². The van der Waals surface area contributed by atoms with Crippen LogP contribution in [0.2, 0.25) is 0 Å². The van der Waals surface area contributed by atoms with Crippen molar-refractivity contribution in [1.29, 1.82) is 0 Å². The van der Waals surface area contributed by atoms with Crippen molar-refractivity contribution in [2.24, 2.45) is 5.92 Å². The van der Waals surface area contributed by atoms with Crippen LogP contribution < -0.4 is 0 Å². The fraction of sp³-hybridized carbons (Fsp3) is 0.500. The van der Waals surface area contributed by atoms with Gasteiger partial charge in [0.2, 0.25) is 5.91 Å². The molecule has 6 nitrogen and oxygen atoms in total. The molecule has 0 aliphatic heterocycles. The number of carbonyl (C=O) groups excluding carboxylic acids is 1. The molecule has 136 valence electrons. The lowest BCUT2D eigenvalue weighted by molar-refractivity contribution is -0.133. The Morgan fingerprint density at radius 1 is 1.44 bits per heavy atom. The Labute approximate surface area is 153 Å². The first kappa shape index (κ1) is 19.3. The van der Waals surface area contributed by atoms with E-state index in [1.54, 1.807) is 11.7 Å². The van der Waals surface area contributed by atoms with Gasteiger partial charge in [-0.2, -0.15) is 5.10 Å². The van der Waals surface area contributed by atoms with E-state index in [-0.39, 0.29) is 12.5 Å². The molecule has 0 spiro atoms. The number of nitrogens with one attached hydrogen (secondary N) is 1. The quantitative estimate of drug-likeness (QED) is 0.733. The highest BCUT2D eigenvalue weighted by Crippen LogP contribution is 2.18. The molecule has 1 aromatic heterocycles. The summed E-state index contributed by atoms with van der Waals surface area (Å²) in [6.45, 7) is 8.14. The number of ether oxygens (including phenoxy) is 1. The van der Waals surface area contributed by atoms with E-state index in [0.29, 0.717) is 36.2 Å². The minimum atomic E-state index is 0.0113. The fourth-order valence-corrected chi connectivity index (χ4v) is 2.86. The first-order valence-electron chi connectivity index (χ1n) is 8.41. The fourth-order valence-electron chi connectivity index (χ4n) is 2.66. The summed E-state index contributed by atoms with van der Waals surface area (Å²) < 4.78 is 7.33. The molecular weight excluding hydrogens is 336 g/mol. The van der Waals surface area contributed by atoms with Gasteiger partial charge in [-0.1, -0.05) is 37.6 Å². The van der Waals surface area contributed by atoms with Gasteiger partial charge in [0.25, 0.3) is 0 Å². The number of nitrogens with zero attached hydrogens (tertiary/aromatic N) is 3. The van der Waals surface area contributed by atoms with Crippen LogP contribution in [0.3, 0.4) is 0 Å². The lowest BCUT2D eigenvalue weighted by atomic mass is 10.1. The molecule has 1 heterocycles. The number of carbonyl (C=O) groups is 1. The molecule has 0 bridgehead atoms. The van der Waals surface area contributed by atoms with E-state index in [0.717, 1.165) is 11.1 Å². The predicted octanol–water partition coefficient (Wildman–Crippen LogP) is 3.05. The molecule has 0 radical (unpaired) electrons. The molecule has 0 aliphatic carbocycles. The Morgan fingerprint density at radius 3 is 2.84 bits per heavy atom. The van der Waals surface area contributed by atoms with Crippen molar-refractivity contribution >= 4 is 18.1 Å². The molecule has 7 heteroatoms. The summed E-state index contributed by atoms with van der Waals surface area (Å²) >= 11 is 5.34. The van der Waals surface area contributed by atoms with Crippen LogP contribution in [0.15, 0.2) is 24.3 Å². The van der Waals surface area contributed by atoms with Gasteiger partial charge < -0.3 is 9.64 Å². The molecule has 0 fully saturated rings. The number of aromatic amines is 1. The van der Waals surface area contributed by atoms with Gasteiger partial charge in [0.05, 0.1) is 6.61 Å². The van der Waals surface area contributed by atoms with Crippen LogP contribution in [-0.2, 0) is 16.1 Å². The van der Waals surface area contributed by atoms with Gasteiger partial charge in [0, 0.05) is 25.8 Å². The number of aryl methyl sites for hydroxylation is 1. The minimum Gasteiger partial charge on any atom is -0.383 e. The standard InChI is InChI=1S/C18H26N4O2S/c1-13(2)11-21(8-9-24-4)16(23)12-22-17(19-20-18(22)25)15-7-5-6-14(3)10-15/h5-7,10,13H,8-9,11-12H2,1-4H3,(H,20,25). The summed E-state index contributed by atoms with van der Waals surface area (Å²) in [5.74, 6) is 1.07. The van der Waals surface area contributed by atoms with Crippen LogP contribution >= 0.6 is 12.2 Å². The molecule has 0 saturated heterocycles. The summed E-state index contributed by atoms with van der Waals surface area (Å²) in [4.78, 5) is 14.6. The van der Waals surface area contributed by atoms with Crippen molar-refractivity contribution in [3.63, 3.8) is 0 Å². The molecule has 25 heavy (non-hydrogen) atoms. The summed E-state index contributed by atoms with van der Waals surface area (Å²) in [6, 6.07) is 7.99. The first-order valence-corrected chi connectivity index (χ1v) is 8.82. The maximum Gasteiger partial charge on any atom is 0.242 e. The second-order valence-corrected chi connectivity index (χ2v) is 6.92. The monoisotopic (exact) mass is 362 g/mol. The molecule has 1 amide bonds. The molecule has 0 aliphatic rings. The van der Waals surface area contributed by atoms with Gasteiger partial charge in [-0.15, -0.1) is 0 Å². The maximum absolute atomic E-state index is 12.8. The van der Waals surface area contributed by atoms with E-state index in [4.69, 9.17) is 17.0 Å². The van der Waals surface area contributed by atoms with Crippen LogP contribution in [0.4, 0.5) is 0 Å². The number of amides is 1. The van der Waals surface area contributed by atoms with Crippen LogP contribution in [0.25, 0.3) is 11.4 Å². The average Bonchev–Trinajstić information content (AvgIpc) is 2.92. The van der Waals surface area contributed by atoms with Gasteiger partial charge in [0.15, 0.2) is 10.6 Å². The third-order valence-electron chi connectivity index (χ3n) is 3.83.